The van der Waals surface area contributed by atoms with Crippen LogP contribution in [0.15, 0.2) is 72.9 Å². The fraction of sp³-hybridized carbons (Fsp3) is 0. The van der Waals surface area contributed by atoms with E-state index in [1.807, 2.05) is 60.7 Å². The van der Waals surface area contributed by atoms with Crippen LogP contribution in [-0.2, 0) is 0 Å². The smallest absolute Gasteiger partial charge is 0.280 e. The van der Waals surface area contributed by atoms with Gasteiger partial charge in [-0.15, -0.1) is 0 Å². The predicted molar refractivity (Wildman–Crippen MR) is 83.4 cm³/mol. The van der Waals surface area contributed by atoms with Crippen LogP contribution in [0.4, 0.5) is 0 Å². The minimum absolute atomic E-state index is 0.109. The first-order chi connectivity index (χ1) is 10.3. The Labute approximate surface area is 121 Å². The Balaban J connectivity index is 1.86. The fourth-order valence-corrected chi connectivity index (χ4v) is 2.57. The number of rotatable bonds is 1. The molecule has 4 aromatic rings. The summed E-state index contributed by atoms with van der Waals surface area (Å²) in [6.45, 7) is 0. The van der Waals surface area contributed by atoms with Crippen molar-refractivity contribution in [3.05, 3.63) is 78.6 Å². The topological polar surface area (TPSA) is 34.9 Å². The Morgan fingerprint density at radius 1 is 0.810 bits per heavy atom. The normalized spacial score (nSPS) is 11.0. The van der Waals surface area contributed by atoms with Gasteiger partial charge in [-0.1, -0.05) is 42.5 Å². The van der Waals surface area contributed by atoms with Gasteiger partial charge in [-0.05, 0) is 24.3 Å². The van der Waals surface area contributed by atoms with Gasteiger partial charge in [0, 0.05) is 17.0 Å². The molecule has 0 N–H and O–H groups in total. The molecule has 3 nitrogen and oxygen atoms in total. The van der Waals surface area contributed by atoms with E-state index < -0.39 is 0 Å². The molecule has 0 amide bonds. The van der Waals surface area contributed by atoms with Crippen molar-refractivity contribution in [3.63, 3.8) is 0 Å². The van der Waals surface area contributed by atoms with Crippen molar-refractivity contribution in [3.8, 4) is 0 Å². The maximum absolute atomic E-state index is 12.7. The molecule has 0 saturated carbocycles. The first-order valence-electron chi connectivity index (χ1n) is 6.79. The lowest BCUT2D eigenvalue weighted by molar-refractivity contribution is 0.0960. The predicted octanol–water partition coefficient (Wildman–Crippen LogP) is 3.88. The Morgan fingerprint density at radius 3 is 2.48 bits per heavy atom. The Kier molecular flexibility index (Phi) is 2.57. The van der Waals surface area contributed by atoms with Gasteiger partial charge in [0.15, 0.2) is 0 Å². The second kappa shape index (κ2) is 4.56. The maximum Gasteiger partial charge on any atom is 0.280 e. The number of nitrogens with zero attached hydrogens (tertiary/aromatic N) is 2. The number of carbonyl (C=O) groups is 1. The van der Waals surface area contributed by atoms with Crippen LogP contribution in [0, 0.1) is 0 Å². The average molecular weight is 272 g/mol. The molecular weight excluding hydrogens is 260 g/mol. The van der Waals surface area contributed by atoms with E-state index in [1.165, 1.54) is 0 Å². The van der Waals surface area contributed by atoms with Gasteiger partial charge in [-0.25, -0.2) is 4.98 Å². The highest BCUT2D eigenvalue weighted by molar-refractivity contribution is 6.02. The van der Waals surface area contributed by atoms with Crippen molar-refractivity contribution >= 4 is 27.7 Å². The maximum atomic E-state index is 12.7. The highest BCUT2D eigenvalue weighted by atomic mass is 16.2. The van der Waals surface area contributed by atoms with Gasteiger partial charge in [-0.2, -0.15) is 0 Å². The Morgan fingerprint density at radius 2 is 1.57 bits per heavy atom. The van der Waals surface area contributed by atoms with Crippen LogP contribution in [0.2, 0.25) is 0 Å². The highest BCUT2D eigenvalue weighted by Crippen LogP contribution is 2.18. The number of hydrogen-bond acceptors (Lipinski definition) is 2. The van der Waals surface area contributed by atoms with Gasteiger partial charge in [-0.3, -0.25) is 9.36 Å². The van der Waals surface area contributed by atoms with Crippen molar-refractivity contribution in [2.24, 2.45) is 0 Å². The van der Waals surface area contributed by atoms with Crippen LogP contribution in [0.3, 0.4) is 0 Å². The number of carbonyl (C=O) groups excluding carboxylic acids is 1. The number of para-hydroxylation sites is 2. The zero-order valence-electron chi connectivity index (χ0n) is 11.2. The molecule has 100 valence electrons. The van der Waals surface area contributed by atoms with Crippen molar-refractivity contribution in [2.45, 2.75) is 0 Å². The lowest BCUT2D eigenvalue weighted by Crippen LogP contribution is -2.12. The third-order valence-corrected chi connectivity index (χ3v) is 3.64. The average Bonchev–Trinajstić information content (AvgIpc) is 2.98. The van der Waals surface area contributed by atoms with E-state index in [4.69, 9.17) is 0 Å². The summed E-state index contributed by atoms with van der Waals surface area (Å²) in [6.07, 6.45) is 1.80. The van der Waals surface area contributed by atoms with Crippen molar-refractivity contribution in [1.29, 1.82) is 0 Å². The van der Waals surface area contributed by atoms with Gasteiger partial charge in [0.25, 0.3) is 5.91 Å². The summed E-state index contributed by atoms with van der Waals surface area (Å²) >= 11 is 0. The van der Waals surface area contributed by atoms with Crippen LogP contribution in [0.5, 0.6) is 0 Å². The summed E-state index contributed by atoms with van der Waals surface area (Å²) in [4.78, 5) is 17.1. The molecule has 0 aliphatic rings. The molecule has 0 unspecified atom stereocenters. The van der Waals surface area contributed by atoms with Gasteiger partial charge in [0.05, 0.1) is 11.0 Å². The lowest BCUT2D eigenvalue weighted by atomic mass is 10.2. The number of fused-ring (bicyclic) bond motifs is 2. The van der Waals surface area contributed by atoms with E-state index in [9.17, 15) is 4.79 Å². The summed E-state index contributed by atoms with van der Waals surface area (Å²) in [5.41, 5.74) is 2.19. The van der Waals surface area contributed by atoms with Crippen molar-refractivity contribution < 1.29 is 4.79 Å². The monoisotopic (exact) mass is 272 g/mol. The molecule has 0 fully saturated rings. The highest BCUT2D eigenvalue weighted by Gasteiger charge is 2.12. The molecule has 0 radical (unpaired) electrons. The SMILES string of the molecule is O=C(c1ccc2ccccc2n1)n1ccc2ccccc21. The van der Waals surface area contributed by atoms with Crippen LogP contribution in [0.1, 0.15) is 10.5 Å². The molecule has 0 spiro atoms. The summed E-state index contributed by atoms with van der Waals surface area (Å²) in [5, 5.41) is 2.08. The molecule has 0 saturated heterocycles. The minimum atomic E-state index is -0.109. The number of pyridine rings is 1. The molecule has 3 heteroatoms. The zero-order valence-corrected chi connectivity index (χ0v) is 11.2. The fourth-order valence-electron chi connectivity index (χ4n) is 2.57. The van der Waals surface area contributed by atoms with E-state index >= 15 is 0 Å². The Bertz CT molecular complexity index is 969. The van der Waals surface area contributed by atoms with E-state index in [0.29, 0.717) is 5.69 Å². The second-order valence-electron chi connectivity index (χ2n) is 4.94. The molecule has 0 atom stereocenters. The first kappa shape index (κ1) is 11.9. The van der Waals surface area contributed by atoms with E-state index in [2.05, 4.69) is 4.98 Å². The van der Waals surface area contributed by atoms with Crippen molar-refractivity contribution in [1.82, 2.24) is 9.55 Å². The molecule has 21 heavy (non-hydrogen) atoms. The summed E-state index contributed by atoms with van der Waals surface area (Å²) in [5.74, 6) is -0.109. The molecule has 2 aromatic heterocycles. The van der Waals surface area contributed by atoms with Gasteiger partial charge >= 0.3 is 0 Å². The van der Waals surface area contributed by atoms with Crippen LogP contribution < -0.4 is 0 Å². The molecule has 0 aliphatic heterocycles. The molecule has 0 bridgehead atoms. The third-order valence-electron chi connectivity index (χ3n) is 3.64. The number of benzene rings is 2. The van der Waals surface area contributed by atoms with Crippen LogP contribution in [0.25, 0.3) is 21.8 Å². The van der Waals surface area contributed by atoms with E-state index in [-0.39, 0.29) is 5.91 Å². The summed E-state index contributed by atoms with van der Waals surface area (Å²) in [7, 11) is 0. The number of aromatic nitrogens is 2. The molecule has 4 rings (SSSR count). The minimum Gasteiger partial charge on any atom is -0.282 e. The second-order valence-corrected chi connectivity index (χ2v) is 4.94. The lowest BCUT2D eigenvalue weighted by Gasteiger charge is -2.05. The summed E-state index contributed by atoms with van der Waals surface area (Å²) < 4.78 is 1.65. The summed E-state index contributed by atoms with van der Waals surface area (Å²) in [6, 6.07) is 21.3. The largest absolute Gasteiger partial charge is 0.282 e. The van der Waals surface area contributed by atoms with Gasteiger partial charge in [0.2, 0.25) is 0 Å². The van der Waals surface area contributed by atoms with Gasteiger partial charge < -0.3 is 0 Å². The van der Waals surface area contributed by atoms with Crippen molar-refractivity contribution in [2.75, 3.05) is 0 Å². The Hall–Kier alpha value is -2.94. The zero-order chi connectivity index (χ0) is 14.2. The molecule has 2 aromatic carbocycles. The number of hydrogen-bond donors (Lipinski definition) is 0. The van der Waals surface area contributed by atoms with Crippen LogP contribution in [-0.4, -0.2) is 15.5 Å². The first-order valence-corrected chi connectivity index (χ1v) is 6.79. The molecular formula is C18H12N2O. The van der Waals surface area contributed by atoms with Gasteiger partial charge in [0.1, 0.15) is 5.69 Å². The quantitative estimate of drug-likeness (QED) is 0.527. The third kappa shape index (κ3) is 1.91. The van der Waals surface area contributed by atoms with E-state index in [1.54, 1.807) is 16.8 Å². The molecule has 0 aliphatic carbocycles. The molecule has 2 heterocycles. The standard InChI is InChI=1S/C18H12N2O/c21-18(20-12-11-14-6-2-4-8-17(14)20)16-10-9-13-5-1-3-7-15(13)19-16/h1-12H. The van der Waals surface area contributed by atoms with E-state index in [0.717, 1.165) is 21.8 Å². The van der Waals surface area contributed by atoms with Crippen LogP contribution >= 0.6 is 0 Å².